The Labute approximate surface area is 205 Å². The Balaban J connectivity index is 1.05. The van der Waals surface area contributed by atoms with Crippen molar-refractivity contribution in [1.29, 1.82) is 0 Å². The fraction of sp³-hybridized carbons (Fsp3) is 0.464. The second-order valence-electron chi connectivity index (χ2n) is 10.2. The van der Waals surface area contributed by atoms with Crippen LogP contribution in [0.25, 0.3) is 11.1 Å². The number of carbonyl (C=O) groups excluding carboxylic acids is 2. The van der Waals surface area contributed by atoms with E-state index in [1.165, 1.54) is 22.3 Å². The maximum atomic E-state index is 12.6. The number of alkyl carbamates (subject to hydrolysis) is 1. The first-order chi connectivity index (χ1) is 17.0. The van der Waals surface area contributed by atoms with Gasteiger partial charge in [-0.05, 0) is 66.2 Å². The first-order valence-corrected chi connectivity index (χ1v) is 12.6. The predicted octanol–water partition coefficient (Wildman–Crippen LogP) is 4.45. The first kappa shape index (κ1) is 23.4. The molecular formula is C28H32N2O5. The molecule has 35 heavy (non-hydrogen) atoms. The number of benzene rings is 2. The number of carboxylic acids is 1. The molecule has 3 aliphatic rings. The minimum atomic E-state index is -0.777. The summed E-state index contributed by atoms with van der Waals surface area (Å²) in [5.74, 6) is -0.301. The van der Waals surface area contributed by atoms with Gasteiger partial charge in [0.1, 0.15) is 6.61 Å². The van der Waals surface area contributed by atoms with E-state index in [1.807, 2.05) is 24.3 Å². The molecule has 5 rings (SSSR count). The molecule has 0 saturated heterocycles. The van der Waals surface area contributed by atoms with Crippen molar-refractivity contribution < 1.29 is 24.2 Å². The van der Waals surface area contributed by atoms with E-state index >= 15 is 0 Å². The van der Waals surface area contributed by atoms with Crippen LogP contribution in [0.4, 0.5) is 4.79 Å². The monoisotopic (exact) mass is 476 g/mol. The average Bonchev–Trinajstić information content (AvgIpc) is 3.37. The number of nitrogens with one attached hydrogen (secondary N) is 2. The number of fused-ring (bicyclic) bond motifs is 3. The third kappa shape index (κ3) is 5.34. The molecule has 0 bridgehead atoms. The number of hydrogen-bond donors (Lipinski definition) is 3. The van der Waals surface area contributed by atoms with Crippen molar-refractivity contribution >= 4 is 18.0 Å². The van der Waals surface area contributed by atoms with Crippen molar-refractivity contribution in [2.45, 2.75) is 62.9 Å². The predicted molar refractivity (Wildman–Crippen MR) is 131 cm³/mol. The van der Waals surface area contributed by atoms with E-state index in [2.05, 4.69) is 34.9 Å². The van der Waals surface area contributed by atoms with E-state index in [9.17, 15) is 14.4 Å². The molecule has 0 aromatic heterocycles. The van der Waals surface area contributed by atoms with Crippen molar-refractivity contribution in [2.24, 2.45) is 11.8 Å². The zero-order valence-corrected chi connectivity index (χ0v) is 19.7. The van der Waals surface area contributed by atoms with E-state index in [0.717, 1.165) is 32.1 Å². The van der Waals surface area contributed by atoms with Crippen molar-refractivity contribution in [2.75, 3.05) is 6.61 Å². The van der Waals surface area contributed by atoms with Crippen molar-refractivity contribution in [3.63, 3.8) is 0 Å². The number of amides is 2. The van der Waals surface area contributed by atoms with Crippen LogP contribution in [-0.4, -0.2) is 41.8 Å². The molecule has 2 saturated carbocycles. The van der Waals surface area contributed by atoms with Crippen molar-refractivity contribution in [1.82, 2.24) is 10.6 Å². The van der Waals surface area contributed by atoms with Gasteiger partial charge in [-0.1, -0.05) is 48.5 Å². The molecule has 2 fully saturated rings. The summed E-state index contributed by atoms with van der Waals surface area (Å²) in [5, 5.41) is 14.9. The van der Waals surface area contributed by atoms with Crippen LogP contribution in [0.15, 0.2) is 48.5 Å². The molecule has 0 aliphatic heterocycles. The van der Waals surface area contributed by atoms with E-state index in [1.54, 1.807) is 0 Å². The van der Waals surface area contributed by atoms with E-state index < -0.39 is 12.1 Å². The molecule has 2 unspecified atom stereocenters. The molecule has 2 aromatic rings. The Hall–Kier alpha value is -3.35. The topological polar surface area (TPSA) is 105 Å². The Bertz CT molecular complexity index is 1060. The lowest BCUT2D eigenvalue weighted by molar-refractivity contribution is -0.139. The first-order valence-electron chi connectivity index (χ1n) is 12.6. The molecule has 0 radical (unpaired) electrons. The second kappa shape index (κ2) is 10.1. The minimum absolute atomic E-state index is 0.0205. The van der Waals surface area contributed by atoms with Crippen LogP contribution in [0, 0.1) is 11.8 Å². The van der Waals surface area contributed by atoms with E-state index in [-0.39, 0.29) is 42.2 Å². The van der Waals surface area contributed by atoms with Crippen LogP contribution in [0.3, 0.4) is 0 Å². The molecule has 3 N–H and O–H groups in total. The lowest BCUT2D eigenvalue weighted by Gasteiger charge is -2.35. The Kier molecular flexibility index (Phi) is 6.75. The number of hydrogen-bond acceptors (Lipinski definition) is 4. The maximum absolute atomic E-state index is 12.6. The average molecular weight is 477 g/mol. The van der Waals surface area contributed by atoms with Gasteiger partial charge in [-0.2, -0.15) is 0 Å². The summed E-state index contributed by atoms with van der Waals surface area (Å²) < 4.78 is 5.66. The summed E-state index contributed by atoms with van der Waals surface area (Å²) in [6, 6.07) is 16.7. The summed E-state index contributed by atoms with van der Waals surface area (Å²) in [5.41, 5.74) is 4.78. The third-order valence-electron chi connectivity index (χ3n) is 7.75. The van der Waals surface area contributed by atoms with E-state index in [0.29, 0.717) is 13.0 Å². The molecule has 2 amide bonds. The highest BCUT2D eigenvalue weighted by atomic mass is 16.5. The van der Waals surface area contributed by atoms with E-state index in [4.69, 9.17) is 9.84 Å². The number of carbonyl (C=O) groups is 3. The SMILES string of the molecule is O=C(O)CC1CC(NC(=O)CC2CCC(NC(=O)OCC3c4ccccc4-c4ccccc43)C2)C1. The van der Waals surface area contributed by atoms with Crippen LogP contribution in [0.5, 0.6) is 0 Å². The maximum Gasteiger partial charge on any atom is 0.407 e. The lowest BCUT2D eigenvalue weighted by atomic mass is 9.78. The molecule has 184 valence electrons. The van der Waals surface area contributed by atoms with Gasteiger partial charge in [-0.25, -0.2) is 4.79 Å². The molecule has 7 heteroatoms. The molecular weight excluding hydrogens is 444 g/mol. The van der Waals surface area contributed by atoms with Gasteiger partial charge in [-0.3, -0.25) is 9.59 Å². The standard InChI is InChI=1S/C28H32N2O5/c31-26(29-20-12-18(13-20)15-27(32)33)14-17-9-10-19(11-17)30-28(34)35-16-25-23-7-3-1-5-21(23)22-6-2-4-8-24(22)25/h1-8,17-20,25H,9-16H2,(H,29,31)(H,30,34)(H,32,33). The zero-order chi connectivity index (χ0) is 24.4. The Morgan fingerprint density at radius 3 is 2.09 bits per heavy atom. The lowest BCUT2D eigenvalue weighted by Crippen LogP contribution is -2.45. The fourth-order valence-electron chi connectivity index (χ4n) is 6.01. The highest BCUT2D eigenvalue weighted by molar-refractivity contribution is 5.79. The third-order valence-corrected chi connectivity index (χ3v) is 7.75. The molecule has 0 heterocycles. The van der Waals surface area contributed by atoms with Crippen molar-refractivity contribution in [3.05, 3.63) is 59.7 Å². The smallest absolute Gasteiger partial charge is 0.407 e. The normalized spacial score (nSPS) is 24.7. The summed E-state index contributed by atoms with van der Waals surface area (Å²) in [6.07, 6.45) is 4.22. The van der Waals surface area contributed by atoms with Crippen LogP contribution < -0.4 is 10.6 Å². The number of ether oxygens (including phenoxy) is 1. The Morgan fingerprint density at radius 1 is 0.800 bits per heavy atom. The highest BCUT2D eigenvalue weighted by Crippen LogP contribution is 2.44. The quantitative estimate of drug-likeness (QED) is 0.522. The van der Waals surface area contributed by atoms with Crippen LogP contribution in [-0.2, 0) is 14.3 Å². The van der Waals surface area contributed by atoms with Crippen LogP contribution in [0.1, 0.15) is 62.0 Å². The minimum Gasteiger partial charge on any atom is -0.481 e. The summed E-state index contributed by atoms with van der Waals surface area (Å²) in [4.78, 5) is 35.7. The number of aliphatic carboxylic acids is 1. The molecule has 3 aliphatic carbocycles. The summed E-state index contributed by atoms with van der Waals surface area (Å²) >= 11 is 0. The summed E-state index contributed by atoms with van der Waals surface area (Å²) in [6.45, 7) is 0.294. The second-order valence-corrected chi connectivity index (χ2v) is 10.2. The van der Waals surface area contributed by atoms with Gasteiger partial charge in [0.2, 0.25) is 5.91 Å². The number of carboxylic acid groups (broad SMARTS) is 1. The summed E-state index contributed by atoms with van der Waals surface area (Å²) in [7, 11) is 0. The molecule has 7 nitrogen and oxygen atoms in total. The van der Waals surface area contributed by atoms with Gasteiger partial charge in [0.05, 0.1) is 0 Å². The van der Waals surface area contributed by atoms with Gasteiger partial charge in [0, 0.05) is 30.8 Å². The van der Waals surface area contributed by atoms with Gasteiger partial charge < -0.3 is 20.5 Å². The van der Waals surface area contributed by atoms with Crippen molar-refractivity contribution in [3.8, 4) is 11.1 Å². The zero-order valence-electron chi connectivity index (χ0n) is 19.7. The Morgan fingerprint density at radius 2 is 1.43 bits per heavy atom. The largest absolute Gasteiger partial charge is 0.481 e. The molecule has 0 spiro atoms. The molecule has 2 aromatic carbocycles. The number of rotatable bonds is 8. The van der Waals surface area contributed by atoms with Gasteiger partial charge >= 0.3 is 12.1 Å². The van der Waals surface area contributed by atoms with Crippen LogP contribution in [0.2, 0.25) is 0 Å². The van der Waals surface area contributed by atoms with Gasteiger partial charge in [0.25, 0.3) is 0 Å². The fourth-order valence-corrected chi connectivity index (χ4v) is 6.01. The van der Waals surface area contributed by atoms with Crippen LogP contribution >= 0.6 is 0 Å². The van der Waals surface area contributed by atoms with Gasteiger partial charge in [-0.15, -0.1) is 0 Å². The van der Waals surface area contributed by atoms with Gasteiger partial charge in [0.15, 0.2) is 0 Å². The highest BCUT2D eigenvalue weighted by Gasteiger charge is 2.34. The molecule has 2 atom stereocenters.